The fraction of sp³-hybridized carbons (Fsp3) is 0. The summed E-state index contributed by atoms with van der Waals surface area (Å²) in [6.45, 7) is 0. The first-order valence-corrected chi connectivity index (χ1v) is 6.37. The summed E-state index contributed by atoms with van der Waals surface area (Å²) in [7, 11) is 0. The monoisotopic (exact) mass is 308 g/mol. The van der Waals surface area contributed by atoms with Crippen molar-refractivity contribution in [2.45, 2.75) is 9.92 Å². The zero-order chi connectivity index (χ0) is 12.3. The second-order valence-electron chi connectivity index (χ2n) is 3.16. The summed E-state index contributed by atoms with van der Waals surface area (Å²) >= 11 is 4.85. The summed E-state index contributed by atoms with van der Waals surface area (Å²) in [6, 6.07) is 7.45. The van der Waals surface area contributed by atoms with E-state index in [9.17, 15) is 0 Å². The van der Waals surface area contributed by atoms with Gasteiger partial charge in [0.05, 0.1) is 4.47 Å². The number of nitrogens with zero attached hydrogens (tertiary/aromatic N) is 2. The first-order chi connectivity index (χ1) is 8.18. The summed E-state index contributed by atoms with van der Waals surface area (Å²) in [5, 5.41) is 8.29. The molecule has 2 heterocycles. The Balaban J connectivity index is 2.37. The first kappa shape index (κ1) is 12.1. The maximum absolute atomic E-state index is 7.47. The van der Waals surface area contributed by atoms with Crippen molar-refractivity contribution < 1.29 is 0 Å². The van der Waals surface area contributed by atoms with E-state index < -0.39 is 0 Å². The van der Waals surface area contributed by atoms with E-state index in [1.165, 1.54) is 11.8 Å². The van der Waals surface area contributed by atoms with Crippen LogP contribution >= 0.6 is 27.7 Å². The van der Waals surface area contributed by atoms with Crippen LogP contribution in [0.2, 0.25) is 0 Å². The minimum Gasteiger partial charge on any atom is -0.382 e. The highest BCUT2D eigenvalue weighted by Crippen LogP contribution is 2.32. The Morgan fingerprint density at radius 3 is 2.65 bits per heavy atom. The summed E-state index contributed by atoms with van der Waals surface area (Å²) in [4.78, 5) is 9.16. The predicted molar refractivity (Wildman–Crippen MR) is 71.3 cm³/mol. The van der Waals surface area contributed by atoms with Crippen LogP contribution in [0.5, 0.6) is 0 Å². The normalized spacial score (nSPS) is 10.2. The number of halogens is 1. The lowest BCUT2D eigenvalue weighted by atomic mass is 10.3. The minimum absolute atomic E-state index is 0.0415. The molecule has 3 N–H and O–H groups in total. The summed E-state index contributed by atoms with van der Waals surface area (Å²) in [6.07, 6.45) is 3.34. The van der Waals surface area contributed by atoms with Crippen molar-refractivity contribution in [1.29, 1.82) is 5.41 Å². The molecule has 2 aromatic rings. The van der Waals surface area contributed by atoms with Crippen molar-refractivity contribution >= 4 is 33.5 Å². The Morgan fingerprint density at radius 1 is 1.24 bits per heavy atom. The third-order valence-corrected chi connectivity index (χ3v) is 3.93. The highest BCUT2D eigenvalue weighted by Gasteiger charge is 2.10. The predicted octanol–water partition coefficient (Wildman–Crippen LogP) is 2.67. The molecular weight excluding hydrogens is 300 g/mol. The smallest absolute Gasteiger partial charge is 0.142 e. The van der Waals surface area contributed by atoms with Gasteiger partial charge in [-0.2, -0.15) is 0 Å². The molecule has 0 saturated heterocycles. The van der Waals surface area contributed by atoms with Crippen LogP contribution in [0.4, 0.5) is 0 Å². The zero-order valence-electron chi connectivity index (χ0n) is 8.72. The van der Waals surface area contributed by atoms with Crippen molar-refractivity contribution in [3.8, 4) is 0 Å². The van der Waals surface area contributed by atoms with Crippen molar-refractivity contribution in [3.63, 3.8) is 0 Å². The Bertz CT molecular complexity index is 559. The number of nitrogen functional groups attached to an aromatic ring is 1. The Labute approximate surface area is 111 Å². The van der Waals surface area contributed by atoms with Crippen LogP contribution in [-0.4, -0.2) is 15.8 Å². The number of pyridine rings is 2. The van der Waals surface area contributed by atoms with E-state index in [0.717, 1.165) is 14.4 Å². The van der Waals surface area contributed by atoms with Crippen LogP contribution in [0.1, 0.15) is 5.69 Å². The average molecular weight is 309 g/mol. The second-order valence-corrected chi connectivity index (χ2v) is 5.04. The number of rotatable bonds is 3. The Morgan fingerprint density at radius 2 is 1.94 bits per heavy atom. The Kier molecular flexibility index (Phi) is 3.75. The largest absolute Gasteiger partial charge is 0.382 e. The maximum atomic E-state index is 7.47. The van der Waals surface area contributed by atoms with Gasteiger partial charge in [-0.1, -0.05) is 11.8 Å². The number of nitrogens with two attached hydrogens (primary N) is 1. The summed E-state index contributed by atoms with van der Waals surface area (Å²) < 4.78 is 0.906. The van der Waals surface area contributed by atoms with Crippen LogP contribution in [0.25, 0.3) is 0 Å². The number of nitrogens with one attached hydrogen (secondary N) is 1. The first-order valence-electron chi connectivity index (χ1n) is 4.76. The topological polar surface area (TPSA) is 75.7 Å². The molecule has 0 amide bonds. The molecule has 0 aliphatic heterocycles. The standard InChI is InChI=1S/C11H9BrN4S/c12-7-3-1-6-16-11(7)17-8-4-2-5-15-9(8)10(13)14/h1-6H,(H3,13,14). The van der Waals surface area contributed by atoms with Gasteiger partial charge in [-0.15, -0.1) is 0 Å². The molecule has 0 spiro atoms. The van der Waals surface area contributed by atoms with E-state index in [4.69, 9.17) is 11.1 Å². The van der Waals surface area contributed by atoms with Gasteiger partial charge < -0.3 is 5.73 Å². The molecule has 86 valence electrons. The van der Waals surface area contributed by atoms with Gasteiger partial charge in [0, 0.05) is 17.3 Å². The Hall–Kier alpha value is -1.40. The van der Waals surface area contributed by atoms with E-state index in [2.05, 4.69) is 25.9 Å². The summed E-state index contributed by atoms with van der Waals surface area (Å²) in [5.41, 5.74) is 5.96. The maximum Gasteiger partial charge on any atom is 0.142 e. The minimum atomic E-state index is -0.0415. The van der Waals surface area contributed by atoms with Gasteiger partial charge in [0.2, 0.25) is 0 Å². The zero-order valence-corrected chi connectivity index (χ0v) is 11.1. The van der Waals surface area contributed by atoms with E-state index >= 15 is 0 Å². The molecule has 6 heteroatoms. The molecule has 0 atom stereocenters. The molecule has 0 fully saturated rings. The molecular formula is C11H9BrN4S. The van der Waals surface area contributed by atoms with Crippen molar-refractivity contribution in [2.75, 3.05) is 0 Å². The molecule has 0 radical (unpaired) electrons. The molecule has 0 aliphatic rings. The number of hydrogen-bond acceptors (Lipinski definition) is 4. The van der Waals surface area contributed by atoms with Crippen molar-refractivity contribution in [2.24, 2.45) is 5.73 Å². The van der Waals surface area contributed by atoms with Crippen molar-refractivity contribution in [1.82, 2.24) is 9.97 Å². The van der Waals surface area contributed by atoms with Crippen LogP contribution in [0, 0.1) is 5.41 Å². The molecule has 0 unspecified atom stereocenters. The molecule has 2 rings (SSSR count). The van der Waals surface area contributed by atoms with Gasteiger partial charge in [0.15, 0.2) is 0 Å². The molecule has 4 nitrogen and oxygen atoms in total. The molecule has 0 saturated carbocycles. The van der Waals surface area contributed by atoms with Crippen LogP contribution < -0.4 is 5.73 Å². The van der Waals surface area contributed by atoms with Gasteiger partial charge in [-0.25, -0.2) is 4.98 Å². The SMILES string of the molecule is N=C(N)c1ncccc1Sc1ncccc1Br. The van der Waals surface area contributed by atoms with Gasteiger partial charge >= 0.3 is 0 Å². The van der Waals surface area contributed by atoms with E-state index in [1.54, 1.807) is 12.4 Å². The van der Waals surface area contributed by atoms with Crippen LogP contribution in [-0.2, 0) is 0 Å². The molecule has 17 heavy (non-hydrogen) atoms. The highest BCUT2D eigenvalue weighted by molar-refractivity contribution is 9.10. The number of hydrogen-bond donors (Lipinski definition) is 2. The number of aromatic nitrogens is 2. The molecule has 0 aliphatic carbocycles. The van der Waals surface area contributed by atoms with Gasteiger partial charge in [0.1, 0.15) is 16.6 Å². The molecule has 0 aromatic carbocycles. The third kappa shape index (κ3) is 2.83. The average Bonchev–Trinajstić information content (AvgIpc) is 2.32. The number of amidine groups is 1. The van der Waals surface area contributed by atoms with Gasteiger partial charge in [-0.3, -0.25) is 10.4 Å². The van der Waals surface area contributed by atoms with E-state index in [1.807, 2.05) is 24.3 Å². The summed E-state index contributed by atoms with van der Waals surface area (Å²) in [5.74, 6) is -0.0415. The fourth-order valence-corrected chi connectivity index (χ4v) is 2.62. The van der Waals surface area contributed by atoms with Gasteiger partial charge in [0.25, 0.3) is 0 Å². The van der Waals surface area contributed by atoms with Crippen LogP contribution in [0.3, 0.4) is 0 Å². The van der Waals surface area contributed by atoms with Crippen LogP contribution in [0.15, 0.2) is 51.1 Å². The third-order valence-electron chi connectivity index (χ3n) is 1.96. The quantitative estimate of drug-likeness (QED) is 0.675. The lowest BCUT2D eigenvalue weighted by Gasteiger charge is -2.06. The molecule has 0 bridgehead atoms. The second kappa shape index (κ2) is 5.29. The van der Waals surface area contributed by atoms with E-state index in [0.29, 0.717) is 5.69 Å². The fourth-order valence-electron chi connectivity index (χ4n) is 1.23. The van der Waals surface area contributed by atoms with E-state index in [-0.39, 0.29) is 5.84 Å². The van der Waals surface area contributed by atoms with Gasteiger partial charge in [-0.05, 0) is 40.2 Å². The molecule has 2 aromatic heterocycles. The highest BCUT2D eigenvalue weighted by atomic mass is 79.9. The lowest BCUT2D eigenvalue weighted by molar-refractivity contribution is 1.10. The lowest BCUT2D eigenvalue weighted by Crippen LogP contribution is -2.14. The van der Waals surface area contributed by atoms with Crippen molar-refractivity contribution in [3.05, 3.63) is 46.8 Å².